The molecular formula is C20H27ClN2O2. The Labute approximate surface area is 156 Å². The summed E-state index contributed by atoms with van der Waals surface area (Å²) in [5.74, 6) is 0.788. The first-order chi connectivity index (χ1) is 11.4. The van der Waals surface area contributed by atoms with Crippen molar-refractivity contribution in [1.29, 1.82) is 0 Å². The summed E-state index contributed by atoms with van der Waals surface area (Å²) in [5.41, 5.74) is 7.35. The number of methoxy groups -OCH3 is 1. The fraction of sp³-hybridized carbons (Fsp3) is 0.350. The molecule has 136 valence electrons. The molecule has 2 aromatic rings. The summed E-state index contributed by atoms with van der Waals surface area (Å²) in [7, 11) is 3.47. The summed E-state index contributed by atoms with van der Waals surface area (Å²) in [4.78, 5) is 14.4. The third-order valence-electron chi connectivity index (χ3n) is 4.28. The van der Waals surface area contributed by atoms with E-state index >= 15 is 0 Å². The second kappa shape index (κ2) is 9.44. The van der Waals surface area contributed by atoms with Crippen molar-refractivity contribution in [2.75, 3.05) is 20.7 Å². The molecule has 2 aromatic carbocycles. The van der Waals surface area contributed by atoms with Gasteiger partial charge in [0.25, 0.3) is 0 Å². The van der Waals surface area contributed by atoms with E-state index in [9.17, 15) is 4.79 Å². The minimum Gasteiger partial charge on any atom is -0.497 e. The fourth-order valence-corrected chi connectivity index (χ4v) is 2.72. The maximum absolute atomic E-state index is 12.7. The minimum atomic E-state index is -1.00. The van der Waals surface area contributed by atoms with Gasteiger partial charge in [-0.3, -0.25) is 4.79 Å². The molecule has 1 unspecified atom stereocenters. The lowest BCUT2D eigenvalue weighted by atomic mass is 9.91. The van der Waals surface area contributed by atoms with Crippen LogP contribution in [0.15, 0.2) is 54.6 Å². The van der Waals surface area contributed by atoms with E-state index in [1.54, 1.807) is 18.9 Å². The molecule has 2 N–H and O–H groups in total. The van der Waals surface area contributed by atoms with Crippen molar-refractivity contribution in [2.45, 2.75) is 25.3 Å². The average Bonchev–Trinajstić information content (AvgIpc) is 2.62. The summed E-state index contributed by atoms with van der Waals surface area (Å²) in [6, 6.07) is 17.5. The van der Waals surface area contributed by atoms with Gasteiger partial charge in [0, 0.05) is 13.6 Å². The maximum atomic E-state index is 12.7. The molecule has 0 heterocycles. The van der Waals surface area contributed by atoms with Crippen molar-refractivity contribution < 1.29 is 9.53 Å². The van der Waals surface area contributed by atoms with Crippen LogP contribution in [0.2, 0.25) is 0 Å². The molecule has 25 heavy (non-hydrogen) atoms. The second-order valence-electron chi connectivity index (χ2n) is 6.25. The number of amides is 1. The number of hydrogen-bond acceptors (Lipinski definition) is 3. The first-order valence-corrected chi connectivity index (χ1v) is 8.18. The van der Waals surface area contributed by atoms with Crippen LogP contribution in [0.3, 0.4) is 0 Å². The highest BCUT2D eigenvalue weighted by Crippen LogP contribution is 2.20. The number of likely N-dealkylation sites (N-methyl/N-ethyl adjacent to an activating group) is 1. The zero-order chi connectivity index (χ0) is 17.6. The van der Waals surface area contributed by atoms with Crippen molar-refractivity contribution in [3.63, 3.8) is 0 Å². The van der Waals surface area contributed by atoms with Gasteiger partial charge in [-0.2, -0.15) is 0 Å². The molecule has 1 amide bonds. The van der Waals surface area contributed by atoms with Crippen LogP contribution in [-0.2, 0) is 16.8 Å². The van der Waals surface area contributed by atoms with E-state index in [4.69, 9.17) is 10.5 Å². The molecule has 0 aliphatic rings. The highest BCUT2D eigenvalue weighted by molar-refractivity contribution is 5.86. The largest absolute Gasteiger partial charge is 0.497 e. The molecule has 0 bridgehead atoms. The zero-order valence-electron chi connectivity index (χ0n) is 15.1. The van der Waals surface area contributed by atoms with Crippen molar-refractivity contribution in [3.05, 3.63) is 65.7 Å². The van der Waals surface area contributed by atoms with Crippen LogP contribution in [0.1, 0.15) is 24.5 Å². The highest BCUT2D eigenvalue weighted by Gasteiger charge is 2.32. The Kier molecular flexibility index (Phi) is 7.94. The predicted molar refractivity (Wildman–Crippen MR) is 104 cm³/mol. The number of nitrogens with zero attached hydrogens (tertiary/aromatic N) is 1. The first kappa shape index (κ1) is 21.0. The summed E-state index contributed by atoms with van der Waals surface area (Å²) in [5, 5.41) is 0. The standard InChI is InChI=1S/C20H26N2O2.ClH/c1-20(21,17-9-5-4-6-10-17)19(23)22(2)15-7-8-16-11-13-18(24-3)14-12-16;/h4-6,9-14H,7-8,15,21H2,1-3H3;1H. The molecular weight excluding hydrogens is 336 g/mol. The topological polar surface area (TPSA) is 55.6 Å². The van der Waals surface area contributed by atoms with Crippen LogP contribution < -0.4 is 10.5 Å². The van der Waals surface area contributed by atoms with Gasteiger partial charge in [0.15, 0.2) is 0 Å². The molecule has 0 saturated carbocycles. The van der Waals surface area contributed by atoms with Gasteiger partial charge in [-0.05, 0) is 43.0 Å². The number of carbonyl (C=O) groups is 1. The fourth-order valence-electron chi connectivity index (χ4n) is 2.72. The Morgan fingerprint density at radius 1 is 1.12 bits per heavy atom. The summed E-state index contributed by atoms with van der Waals surface area (Å²) >= 11 is 0. The van der Waals surface area contributed by atoms with Crippen LogP contribution in [0.5, 0.6) is 5.75 Å². The van der Waals surface area contributed by atoms with Gasteiger partial charge in [0.05, 0.1) is 7.11 Å². The molecule has 1 atom stereocenters. The second-order valence-corrected chi connectivity index (χ2v) is 6.25. The van der Waals surface area contributed by atoms with E-state index in [0.717, 1.165) is 24.2 Å². The number of rotatable bonds is 7. The van der Waals surface area contributed by atoms with Crippen molar-refractivity contribution in [1.82, 2.24) is 4.90 Å². The zero-order valence-corrected chi connectivity index (χ0v) is 15.9. The summed E-state index contributed by atoms with van der Waals surface area (Å²) in [6.45, 7) is 2.44. The number of hydrogen-bond donors (Lipinski definition) is 1. The maximum Gasteiger partial charge on any atom is 0.246 e. The molecule has 0 radical (unpaired) electrons. The molecule has 0 fully saturated rings. The van der Waals surface area contributed by atoms with Gasteiger partial charge in [0.1, 0.15) is 11.3 Å². The van der Waals surface area contributed by atoms with Crippen LogP contribution in [0.25, 0.3) is 0 Å². The van der Waals surface area contributed by atoms with E-state index < -0.39 is 5.54 Å². The SMILES string of the molecule is COc1ccc(CCCN(C)C(=O)C(C)(N)c2ccccc2)cc1.Cl. The van der Waals surface area contributed by atoms with Crippen molar-refractivity contribution in [3.8, 4) is 5.75 Å². The molecule has 0 spiro atoms. The molecule has 0 aromatic heterocycles. The monoisotopic (exact) mass is 362 g/mol. The van der Waals surface area contributed by atoms with E-state index in [1.165, 1.54) is 5.56 Å². The number of ether oxygens (including phenoxy) is 1. The van der Waals surface area contributed by atoms with Gasteiger partial charge >= 0.3 is 0 Å². The smallest absolute Gasteiger partial charge is 0.246 e. The molecule has 5 heteroatoms. The van der Waals surface area contributed by atoms with E-state index in [2.05, 4.69) is 12.1 Å². The Morgan fingerprint density at radius 3 is 2.28 bits per heavy atom. The molecule has 0 saturated heterocycles. The Hall–Kier alpha value is -2.04. The van der Waals surface area contributed by atoms with Crippen LogP contribution in [0, 0.1) is 0 Å². The average molecular weight is 363 g/mol. The number of nitrogens with two attached hydrogens (primary N) is 1. The van der Waals surface area contributed by atoms with Crippen molar-refractivity contribution in [2.24, 2.45) is 5.73 Å². The first-order valence-electron chi connectivity index (χ1n) is 8.18. The van der Waals surface area contributed by atoms with Gasteiger partial charge in [-0.1, -0.05) is 42.5 Å². The lowest BCUT2D eigenvalue weighted by Gasteiger charge is -2.29. The van der Waals surface area contributed by atoms with Gasteiger partial charge in [-0.25, -0.2) is 0 Å². The molecule has 0 aliphatic carbocycles. The van der Waals surface area contributed by atoms with Crippen molar-refractivity contribution >= 4 is 18.3 Å². The number of benzene rings is 2. The van der Waals surface area contributed by atoms with E-state index in [-0.39, 0.29) is 18.3 Å². The minimum absolute atomic E-state index is 0. The Morgan fingerprint density at radius 2 is 1.72 bits per heavy atom. The third kappa shape index (κ3) is 5.48. The summed E-state index contributed by atoms with van der Waals surface area (Å²) < 4.78 is 5.16. The van der Waals surface area contributed by atoms with Crippen LogP contribution in [-0.4, -0.2) is 31.5 Å². The van der Waals surface area contributed by atoms with Gasteiger partial charge in [-0.15, -0.1) is 12.4 Å². The predicted octanol–water partition coefficient (Wildman–Crippen LogP) is 3.38. The molecule has 0 aliphatic heterocycles. The highest BCUT2D eigenvalue weighted by atomic mass is 35.5. The number of carbonyl (C=O) groups excluding carboxylic acids is 1. The normalized spacial score (nSPS) is 12.6. The van der Waals surface area contributed by atoms with Gasteiger partial charge in [0.2, 0.25) is 5.91 Å². The number of aryl methyl sites for hydroxylation is 1. The van der Waals surface area contributed by atoms with Gasteiger partial charge < -0.3 is 15.4 Å². The quantitative estimate of drug-likeness (QED) is 0.821. The number of halogens is 1. The molecule has 2 rings (SSSR count). The van der Waals surface area contributed by atoms with Crippen LogP contribution >= 0.6 is 12.4 Å². The Balaban J connectivity index is 0.00000312. The van der Waals surface area contributed by atoms with Crippen LogP contribution in [0.4, 0.5) is 0 Å². The van der Waals surface area contributed by atoms with E-state index in [0.29, 0.717) is 6.54 Å². The lowest BCUT2D eigenvalue weighted by Crippen LogP contribution is -2.49. The van der Waals surface area contributed by atoms with E-state index in [1.807, 2.05) is 49.5 Å². The third-order valence-corrected chi connectivity index (χ3v) is 4.28. The Bertz CT molecular complexity index is 657. The summed E-state index contributed by atoms with van der Waals surface area (Å²) in [6.07, 6.45) is 1.80. The molecule has 4 nitrogen and oxygen atoms in total. The lowest BCUT2D eigenvalue weighted by molar-refractivity contribution is -0.135.